The minimum absolute atomic E-state index is 0.0187. The number of carbonyl (C=O) groups is 1. The monoisotopic (exact) mass is 439 g/mol. The van der Waals surface area contributed by atoms with Crippen molar-refractivity contribution in [3.8, 4) is 0 Å². The normalized spacial score (nSPS) is 19.4. The van der Waals surface area contributed by atoms with Gasteiger partial charge in [0.15, 0.2) is 0 Å². The first-order valence-electron chi connectivity index (χ1n) is 8.30. The van der Waals surface area contributed by atoms with Gasteiger partial charge in [-0.15, -0.1) is 0 Å². The number of rotatable bonds is 1. The Morgan fingerprint density at radius 3 is 2.50 bits per heavy atom. The molecular formula is C20H20BrClFNO2. The van der Waals surface area contributed by atoms with Crippen LogP contribution >= 0.6 is 27.5 Å². The molecule has 3 rings (SSSR count). The summed E-state index contributed by atoms with van der Waals surface area (Å²) in [6.45, 7) is 7.37. The topological polar surface area (TPSA) is 29.5 Å². The van der Waals surface area contributed by atoms with Crippen LogP contribution in [0.25, 0.3) is 0 Å². The number of benzene rings is 2. The van der Waals surface area contributed by atoms with Crippen LogP contribution in [0.15, 0.2) is 40.9 Å². The molecule has 1 atom stereocenters. The molecule has 0 N–H and O–H groups in total. The van der Waals surface area contributed by atoms with Crippen molar-refractivity contribution in [3.05, 3.63) is 62.8 Å². The molecule has 0 aromatic heterocycles. The van der Waals surface area contributed by atoms with Gasteiger partial charge in [-0.2, -0.15) is 0 Å². The molecule has 0 unspecified atom stereocenters. The van der Waals surface area contributed by atoms with Crippen molar-refractivity contribution in [2.75, 3.05) is 4.90 Å². The van der Waals surface area contributed by atoms with E-state index in [1.54, 1.807) is 20.8 Å². The Bertz CT molecular complexity index is 866. The number of anilines is 1. The molecule has 3 nitrogen and oxygen atoms in total. The van der Waals surface area contributed by atoms with Gasteiger partial charge in [-0.25, -0.2) is 9.18 Å². The van der Waals surface area contributed by atoms with E-state index in [1.807, 2.05) is 37.3 Å². The van der Waals surface area contributed by atoms with Crippen molar-refractivity contribution >= 4 is 39.3 Å². The molecule has 138 valence electrons. The van der Waals surface area contributed by atoms with Crippen LogP contribution in [0.1, 0.15) is 38.8 Å². The highest BCUT2D eigenvalue weighted by atomic mass is 79.9. The smallest absolute Gasteiger partial charge is 0.415 e. The average Bonchev–Trinajstić information content (AvgIpc) is 2.86. The van der Waals surface area contributed by atoms with Gasteiger partial charge in [-0.1, -0.05) is 41.9 Å². The van der Waals surface area contributed by atoms with Gasteiger partial charge >= 0.3 is 6.09 Å². The lowest BCUT2D eigenvalue weighted by Gasteiger charge is -2.37. The van der Waals surface area contributed by atoms with Crippen LogP contribution in [-0.4, -0.2) is 11.7 Å². The molecule has 2 aromatic carbocycles. The van der Waals surface area contributed by atoms with E-state index in [4.69, 9.17) is 16.3 Å². The van der Waals surface area contributed by atoms with E-state index in [-0.39, 0.29) is 5.02 Å². The number of carbonyl (C=O) groups excluding carboxylic acids is 1. The molecule has 26 heavy (non-hydrogen) atoms. The molecule has 0 fully saturated rings. The number of ether oxygens (including phenoxy) is 1. The molecule has 6 heteroatoms. The lowest BCUT2D eigenvalue weighted by atomic mass is 9.88. The van der Waals surface area contributed by atoms with Crippen LogP contribution in [-0.2, 0) is 16.7 Å². The largest absolute Gasteiger partial charge is 0.443 e. The predicted molar refractivity (Wildman–Crippen MR) is 105 cm³/mol. The van der Waals surface area contributed by atoms with E-state index in [0.29, 0.717) is 16.6 Å². The summed E-state index contributed by atoms with van der Waals surface area (Å²) in [5, 5.41) is 0.0187. The molecule has 0 radical (unpaired) electrons. The number of hydrogen-bond acceptors (Lipinski definition) is 2. The lowest BCUT2D eigenvalue weighted by molar-refractivity contribution is 0.0545. The third-order valence-electron chi connectivity index (χ3n) is 4.47. The highest BCUT2D eigenvalue weighted by molar-refractivity contribution is 9.10. The third kappa shape index (κ3) is 3.23. The molecule has 0 saturated carbocycles. The maximum Gasteiger partial charge on any atom is 0.415 e. The fourth-order valence-corrected chi connectivity index (χ4v) is 4.01. The van der Waals surface area contributed by atoms with E-state index in [2.05, 4.69) is 15.9 Å². The molecule has 1 aliphatic rings. The van der Waals surface area contributed by atoms with Crippen LogP contribution in [0, 0.1) is 5.82 Å². The fourth-order valence-electron chi connectivity index (χ4n) is 3.31. The van der Waals surface area contributed by atoms with Crippen molar-refractivity contribution in [1.82, 2.24) is 0 Å². The maximum atomic E-state index is 14.3. The Labute approximate surface area is 166 Å². The quantitative estimate of drug-likeness (QED) is 0.477. The summed E-state index contributed by atoms with van der Waals surface area (Å²) in [7, 11) is 0. The van der Waals surface area contributed by atoms with Gasteiger partial charge in [0.1, 0.15) is 11.4 Å². The summed E-state index contributed by atoms with van der Waals surface area (Å²) in [5.74, 6) is -0.580. The Morgan fingerprint density at radius 2 is 1.92 bits per heavy atom. The van der Waals surface area contributed by atoms with Crippen LogP contribution in [0.4, 0.5) is 14.9 Å². The molecule has 1 amide bonds. The summed E-state index contributed by atoms with van der Waals surface area (Å²) in [6, 6.07) is 11.0. The Morgan fingerprint density at radius 1 is 1.31 bits per heavy atom. The Hall–Kier alpha value is -1.59. The van der Waals surface area contributed by atoms with Crippen molar-refractivity contribution in [1.29, 1.82) is 0 Å². The SMILES string of the molecule is CC(C)(C)OC(=O)N1c2cc(F)c(Cl)c(Br)c2C[C@@]1(C)c1ccccc1. The van der Waals surface area contributed by atoms with E-state index in [0.717, 1.165) is 11.1 Å². The predicted octanol–water partition coefficient (Wildman–Crippen LogP) is 6.45. The average molecular weight is 441 g/mol. The number of fused-ring (bicyclic) bond motifs is 1. The fraction of sp³-hybridized carbons (Fsp3) is 0.350. The van der Waals surface area contributed by atoms with E-state index >= 15 is 0 Å². The van der Waals surface area contributed by atoms with Crippen molar-refractivity contribution in [2.45, 2.75) is 45.3 Å². The number of halogens is 3. The number of hydrogen-bond donors (Lipinski definition) is 0. The summed E-state index contributed by atoms with van der Waals surface area (Å²) in [4.78, 5) is 14.6. The van der Waals surface area contributed by atoms with Gasteiger partial charge < -0.3 is 4.74 Å². The summed E-state index contributed by atoms with van der Waals surface area (Å²) in [5.41, 5.74) is 0.809. The standard InChI is InChI=1S/C20H20BrClFNO2/c1-19(2,3)26-18(25)24-15-10-14(23)17(22)16(21)13(15)11-20(24,4)12-8-6-5-7-9-12/h5-10H,11H2,1-4H3/t20-/m0/s1. The molecule has 0 aliphatic carbocycles. The zero-order valence-electron chi connectivity index (χ0n) is 15.1. The highest BCUT2D eigenvalue weighted by Gasteiger charge is 2.47. The first-order chi connectivity index (χ1) is 12.0. The van der Waals surface area contributed by atoms with Crippen molar-refractivity contribution in [2.24, 2.45) is 0 Å². The minimum atomic E-state index is -0.717. The summed E-state index contributed by atoms with van der Waals surface area (Å²) >= 11 is 9.47. The van der Waals surface area contributed by atoms with Crippen molar-refractivity contribution in [3.63, 3.8) is 0 Å². The van der Waals surface area contributed by atoms with Crippen LogP contribution < -0.4 is 4.90 Å². The summed E-state index contributed by atoms with van der Waals surface area (Å²) < 4.78 is 20.4. The van der Waals surface area contributed by atoms with Gasteiger partial charge in [0.25, 0.3) is 0 Å². The molecule has 1 aliphatic heterocycles. The van der Waals surface area contributed by atoms with Crippen molar-refractivity contribution < 1.29 is 13.9 Å². The Kier molecular flexibility index (Phi) is 4.82. The number of nitrogens with zero attached hydrogens (tertiary/aromatic N) is 1. The van der Waals surface area contributed by atoms with Crippen LogP contribution in [0.3, 0.4) is 0 Å². The summed E-state index contributed by atoms with van der Waals surface area (Å²) in [6.07, 6.45) is -0.0251. The second kappa shape index (κ2) is 6.54. The van der Waals surface area contributed by atoms with E-state index < -0.39 is 23.1 Å². The van der Waals surface area contributed by atoms with Gasteiger partial charge in [0.05, 0.1) is 16.2 Å². The first-order valence-corrected chi connectivity index (χ1v) is 9.47. The van der Waals surface area contributed by atoms with Gasteiger partial charge in [-0.05, 0) is 60.8 Å². The minimum Gasteiger partial charge on any atom is -0.443 e. The van der Waals surface area contributed by atoms with Crippen LogP contribution in [0.5, 0.6) is 0 Å². The molecular weight excluding hydrogens is 421 g/mol. The molecule has 1 heterocycles. The maximum absolute atomic E-state index is 14.3. The third-order valence-corrected chi connectivity index (χ3v) is 5.94. The van der Waals surface area contributed by atoms with E-state index in [1.165, 1.54) is 11.0 Å². The molecule has 0 spiro atoms. The first kappa shape index (κ1) is 19.2. The molecule has 0 saturated heterocycles. The zero-order valence-corrected chi connectivity index (χ0v) is 17.4. The highest BCUT2D eigenvalue weighted by Crippen LogP contribution is 2.50. The van der Waals surface area contributed by atoms with E-state index in [9.17, 15) is 9.18 Å². The molecule has 0 bridgehead atoms. The second-order valence-electron chi connectivity index (χ2n) is 7.62. The Balaban J connectivity index is 2.20. The number of amides is 1. The van der Waals surface area contributed by atoms with Crippen LogP contribution in [0.2, 0.25) is 5.02 Å². The van der Waals surface area contributed by atoms with Gasteiger partial charge in [0, 0.05) is 10.9 Å². The second-order valence-corrected chi connectivity index (χ2v) is 8.79. The van der Waals surface area contributed by atoms with Gasteiger partial charge in [0.2, 0.25) is 0 Å². The lowest BCUT2D eigenvalue weighted by Crippen LogP contribution is -2.47. The van der Waals surface area contributed by atoms with Gasteiger partial charge in [-0.3, -0.25) is 4.90 Å². The molecule has 2 aromatic rings. The zero-order chi connectivity index (χ0) is 19.3.